The van der Waals surface area contributed by atoms with Crippen LogP contribution in [0.15, 0.2) is 48.5 Å². The Hall–Kier alpha value is -2.82. The van der Waals surface area contributed by atoms with E-state index in [-0.39, 0.29) is 12.1 Å². The minimum absolute atomic E-state index is 0.000932. The molecule has 214 valence electrons. The Kier molecular flexibility index (Phi) is 13.4. The third kappa shape index (κ3) is 11.1. The number of hydrogen-bond donors (Lipinski definition) is 0. The topological polar surface area (TPSA) is 61.8 Å². The summed E-state index contributed by atoms with van der Waals surface area (Å²) in [4.78, 5) is 25.2. The van der Waals surface area contributed by atoms with Crippen molar-refractivity contribution in [1.82, 2.24) is 0 Å². The molecule has 1 atom stereocenters. The molecule has 5 heteroatoms. The summed E-state index contributed by atoms with van der Waals surface area (Å²) >= 11 is 0. The maximum absolute atomic E-state index is 12.6. The number of carbonyl (C=O) groups excluding carboxylic acids is 2. The van der Waals surface area contributed by atoms with Gasteiger partial charge in [0, 0.05) is 0 Å². The normalized spacial score (nSPS) is 17.8. The van der Waals surface area contributed by atoms with Gasteiger partial charge < -0.3 is 14.2 Å². The smallest absolute Gasteiger partial charge is 0.343 e. The predicted molar refractivity (Wildman–Crippen MR) is 157 cm³/mol. The molecule has 0 radical (unpaired) electrons. The average Bonchev–Trinajstić information content (AvgIpc) is 2.96. The first-order valence-corrected chi connectivity index (χ1v) is 15.2. The first-order chi connectivity index (χ1) is 19.0. The third-order valence-electron chi connectivity index (χ3n) is 7.98. The van der Waals surface area contributed by atoms with E-state index in [1.807, 2.05) is 0 Å². The molecule has 2 aromatic rings. The molecule has 5 nitrogen and oxygen atoms in total. The van der Waals surface area contributed by atoms with Gasteiger partial charge in [-0.3, -0.25) is 0 Å². The molecule has 3 rings (SSSR count). The summed E-state index contributed by atoms with van der Waals surface area (Å²) < 4.78 is 17.1. The van der Waals surface area contributed by atoms with Gasteiger partial charge in [0.25, 0.3) is 0 Å². The Labute approximate surface area is 235 Å². The lowest BCUT2D eigenvalue weighted by Crippen LogP contribution is -2.24. The summed E-state index contributed by atoms with van der Waals surface area (Å²) in [5, 5.41) is 0. The minimum Gasteiger partial charge on any atom is -0.494 e. The molecule has 1 aliphatic carbocycles. The fourth-order valence-electron chi connectivity index (χ4n) is 5.12. The van der Waals surface area contributed by atoms with Crippen molar-refractivity contribution in [2.45, 2.75) is 110 Å². The van der Waals surface area contributed by atoms with Crippen LogP contribution >= 0.6 is 0 Å². The van der Waals surface area contributed by atoms with Gasteiger partial charge in [0.1, 0.15) is 17.6 Å². The van der Waals surface area contributed by atoms with Crippen molar-refractivity contribution < 1.29 is 23.8 Å². The maximum Gasteiger partial charge on any atom is 0.343 e. The molecule has 0 saturated heterocycles. The molecule has 1 fully saturated rings. The van der Waals surface area contributed by atoms with Crippen LogP contribution in [0.25, 0.3) is 0 Å². The lowest BCUT2D eigenvalue weighted by Gasteiger charge is -2.28. The van der Waals surface area contributed by atoms with Gasteiger partial charge in [-0.1, -0.05) is 72.1 Å². The molecule has 1 saturated carbocycles. The van der Waals surface area contributed by atoms with E-state index in [0.29, 0.717) is 23.5 Å². The van der Waals surface area contributed by atoms with E-state index in [1.54, 1.807) is 48.5 Å². The second kappa shape index (κ2) is 17.0. The van der Waals surface area contributed by atoms with Crippen LogP contribution in [0.2, 0.25) is 0 Å². The van der Waals surface area contributed by atoms with Gasteiger partial charge in [0.05, 0.1) is 17.7 Å². The van der Waals surface area contributed by atoms with Crippen LogP contribution in [0.5, 0.6) is 11.5 Å². The first kappa shape index (κ1) is 30.7. The summed E-state index contributed by atoms with van der Waals surface area (Å²) in [6.45, 7) is 7.46. The standard InChI is InChI=1S/C34H48O5/c1-4-6-8-12-27-13-19-31(20-14-27)38-34(36)29-17-23-32(24-18-29)39-33(35)28-15-21-30(22-16-28)37-25-10-7-9-11-26(3)5-2/h15-18,21-24,26-27,31H,4-14,19-20,25H2,1-3H3. The summed E-state index contributed by atoms with van der Waals surface area (Å²) in [7, 11) is 0. The highest BCUT2D eigenvalue weighted by molar-refractivity contribution is 5.92. The molecule has 0 amide bonds. The SMILES string of the molecule is CCCCCC1CCC(OC(=O)c2ccc(OC(=O)c3ccc(OCCCCCC(C)CC)cc3)cc2)CC1. The van der Waals surface area contributed by atoms with Crippen molar-refractivity contribution in [1.29, 1.82) is 0 Å². The Balaban J connectivity index is 1.36. The second-order valence-electron chi connectivity index (χ2n) is 11.2. The van der Waals surface area contributed by atoms with Crippen molar-refractivity contribution in [3.63, 3.8) is 0 Å². The summed E-state index contributed by atoms with van der Waals surface area (Å²) in [6, 6.07) is 13.6. The minimum atomic E-state index is -0.447. The van der Waals surface area contributed by atoms with E-state index in [9.17, 15) is 9.59 Å². The number of esters is 2. The summed E-state index contributed by atoms with van der Waals surface area (Å²) in [5.41, 5.74) is 0.922. The fourth-order valence-corrected chi connectivity index (χ4v) is 5.12. The largest absolute Gasteiger partial charge is 0.494 e. The van der Waals surface area contributed by atoms with E-state index in [2.05, 4.69) is 20.8 Å². The molecular weight excluding hydrogens is 488 g/mol. The Morgan fingerprint density at radius 2 is 1.41 bits per heavy atom. The van der Waals surface area contributed by atoms with Gasteiger partial charge in [-0.25, -0.2) is 9.59 Å². The highest BCUT2D eigenvalue weighted by atomic mass is 16.5. The van der Waals surface area contributed by atoms with Crippen LogP contribution in [-0.4, -0.2) is 24.6 Å². The lowest BCUT2D eigenvalue weighted by molar-refractivity contribution is 0.0161. The van der Waals surface area contributed by atoms with E-state index in [1.165, 1.54) is 51.4 Å². The molecule has 1 aliphatic rings. The highest BCUT2D eigenvalue weighted by Gasteiger charge is 2.24. The van der Waals surface area contributed by atoms with Crippen LogP contribution < -0.4 is 9.47 Å². The zero-order chi connectivity index (χ0) is 27.9. The van der Waals surface area contributed by atoms with Crippen molar-refractivity contribution in [3.05, 3.63) is 59.7 Å². The van der Waals surface area contributed by atoms with Crippen LogP contribution in [0, 0.1) is 11.8 Å². The number of rotatable bonds is 16. The van der Waals surface area contributed by atoms with E-state index < -0.39 is 5.97 Å². The van der Waals surface area contributed by atoms with Crippen molar-refractivity contribution >= 4 is 11.9 Å². The molecule has 0 spiro atoms. The number of benzene rings is 2. The molecule has 0 aliphatic heterocycles. The molecule has 0 bridgehead atoms. The maximum atomic E-state index is 12.6. The summed E-state index contributed by atoms with van der Waals surface area (Å²) in [5.74, 6) is 1.96. The lowest BCUT2D eigenvalue weighted by atomic mass is 9.84. The second-order valence-corrected chi connectivity index (χ2v) is 11.2. The Bertz CT molecular complexity index is 974. The monoisotopic (exact) mass is 536 g/mol. The van der Waals surface area contributed by atoms with Crippen LogP contribution in [0.3, 0.4) is 0 Å². The quantitative estimate of drug-likeness (QED) is 0.122. The van der Waals surface area contributed by atoms with Gasteiger partial charge in [0.2, 0.25) is 0 Å². The Morgan fingerprint density at radius 1 is 0.769 bits per heavy atom. The summed E-state index contributed by atoms with van der Waals surface area (Å²) in [6.07, 6.45) is 15.3. The molecule has 2 aromatic carbocycles. The zero-order valence-corrected chi connectivity index (χ0v) is 24.3. The molecule has 0 heterocycles. The van der Waals surface area contributed by atoms with E-state index in [0.717, 1.165) is 49.7 Å². The zero-order valence-electron chi connectivity index (χ0n) is 24.3. The van der Waals surface area contributed by atoms with Gasteiger partial charge in [-0.15, -0.1) is 0 Å². The first-order valence-electron chi connectivity index (χ1n) is 15.2. The number of carbonyl (C=O) groups is 2. The van der Waals surface area contributed by atoms with Crippen molar-refractivity contribution in [2.24, 2.45) is 11.8 Å². The van der Waals surface area contributed by atoms with Gasteiger partial charge in [-0.2, -0.15) is 0 Å². The molecular formula is C34H48O5. The Morgan fingerprint density at radius 3 is 2.05 bits per heavy atom. The van der Waals surface area contributed by atoms with Crippen molar-refractivity contribution in [3.8, 4) is 11.5 Å². The van der Waals surface area contributed by atoms with Gasteiger partial charge in [0.15, 0.2) is 0 Å². The predicted octanol–water partition coefficient (Wildman–Crippen LogP) is 9.19. The number of hydrogen-bond acceptors (Lipinski definition) is 5. The van der Waals surface area contributed by atoms with Crippen molar-refractivity contribution in [2.75, 3.05) is 6.61 Å². The van der Waals surface area contributed by atoms with Gasteiger partial charge >= 0.3 is 11.9 Å². The molecule has 0 N–H and O–H groups in total. The average molecular weight is 537 g/mol. The number of unbranched alkanes of at least 4 members (excludes halogenated alkanes) is 4. The van der Waals surface area contributed by atoms with Crippen LogP contribution in [-0.2, 0) is 4.74 Å². The molecule has 1 unspecified atom stereocenters. The molecule has 0 aromatic heterocycles. The van der Waals surface area contributed by atoms with Crippen LogP contribution in [0.4, 0.5) is 0 Å². The van der Waals surface area contributed by atoms with Crippen LogP contribution in [0.1, 0.15) is 125 Å². The third-order valence-corrected chi connectivity index (χ3v) is 7.98. The van der Waals surface area contributed by atoms with E-state index in [4.69, 9.17) is 14.2 Å². The fraction of sp³-hybridized carbons (Fsp3) is 0.588. The van der Waals surface area contributed by atoms with E-state index >= 15 is 0 Å². The van der Waals surface area contributed by atoms with Gasteiger partial charge in [-0.05, 0) is 92.5 Å². The highest BCUT2D eigenvalue weighted by Crippen LogP contribution is 2.30. The molecule has 39 heavy (non-hydrogen) atoms. The number of ether oxygens (including phenoxy) is 3.